The number of hydrogen-bond acceptors (Lipinski definition) is 1. The fraction of sp³-hybridized carbons (Fsp3) is 1.00. The van der Waals surface area contributed by atoms with Gasteiger partial charge in [-0.1, -0.05) is 6.42 Å². The van der Waals surface area contributed by atoms with Crippen LogP contribution in [-0.2, 0) is 0 Å². The summed E-state index contributed by atoms with van der Waals surface area (Å²) in [5.74, 6) is 1.05. The van der Waals surface area contributed by atoms with Gasteiger partial charge in [0, 0.05) is 6.04 Å². The lowest BCUT2D eigenvalue weighted by molar-refractivity contribution is 0.318. The first-order valence-electron chi connectivity index (χ1n) is 4.20. The van der Waals surface area contributed by atoms with Crippen molar-refractivity contribution in [1.82, 2.24) is 5.32 Å². The standard InChI is InChI=1S/C8H15N.ClH/c1-3-7-4-2-6-9-8(7)5-1;/h7-9H,1-6H2;1H/t7-,8+;/m0./s1. The molecule has 2 aliphatic rings. The van der Waals surface area contributed by atoms with E-state index in [-0.39, 0.29) is 12.4 Å². The minimum atomic E-state index is 0. The van der Waals surface area contributed by atoms with Crippen LogP contribution in [0.15, 0.2) is 0 Å². The minimum Gasteiger partial charge on any atom is -0.314 e. The van der Waals surface area contributed by atoms with E-state index in [1.165, 1.54) is 38.6 Å². The molecule has 2 rings (SSSR count). The van der Waals surface area contributed by atoms with Crippen LogP contribution in [0.2, 0.25) is 0 Å². The van der Waals surface area contributed by atoms with Crippen molar-refractivity contribution in [3.8, 4) is 0 Å². The van der Waals surface area contributed by atoms with E-state index in [2.05, 4.69) is 5.32 Å². The Hall–Kier alpha value is 0.250. The predicted octanol–water partition coefficient (Wildman–Crippen LogP) is 1.96. The zero-order chi connectivity index (χ0) is 6.10. The summed E-state index contributed by atoms with van der Waals surface area (Å²) in [6.45, 7) is 1.28. The van der Waals surface area contributed by atoms with Crippen LogP contribution in [0.4, 0.5) is 0 Å². The van der Waals surface area contributed by atoms with Crippen molar-refractivity contribution in [2.75, 3.05) is 6.54 Å². The molecule has 0 spiro atoms. The Morgan fingerprint density at radius 3 is 2.60 bits per heavy atom. The first-order chi connectivity index (χ1) is 4.47. The number of hydrogen-bond donors (Lipinski definition) is 1. The highest BCUT2D eigenvalue weighted by molar-refractivity contribution is 5.85. The molecule has 0 aromatic carbocycles. The van der Waals surface area contributed by atoms with Gasteiger partial charge in [-0.15, -0.1) is 12.4 Å². The van der Waals surface area contributed by atoms with Gasteiger partial charge in [-0.25, -0.2) is 0 Å². The number of fused-ring (bicyclic) bond motifs is 1. The highest BCUT2D eigenvalue weighted by Crippen LogP contribution is 2.31. The van der Waals surface area contributed by atoms with Gasteiger partial charge in [0.05, 0.1) is 0 Å². The quantitative estimate of drug-likeness (QED) is 0.573. The first-order valence-corrected chi connectivity index (χ1v) is 4.20. The van der Waals surface area contributed by atoms with Crippen LogP contribution in [0, 0.1) is 5.92 Å². The third-order valence-corrected chi connectivity index (χ3v) is 2.82. The van der Waals surface area contributed by atoms with E-state index in [1.54, 1.807) is 0 Å². The second-order valence-electron chi connectivity index (χ2n) is 3.39. The van der Waals surface area contributed by atoms with E-state index in [4.69, 9.17) is 0 Å². The molecule has 1 aliphatic heterocycles. The molecular formula is C8H16ClN. The maximum absolute atomic E-state index is 3.58. The van der Waals surface area contributed by atoms with Crippen molar-refractivity contribution in [3.63, 3.8) is 0 Å². The molecule has 10 heavy (non-hydrogen) atoms. The molecule has 0 bridgehead atoms. The Morgan fingerprint density at radius 2 is 1.80 bits per heavy atom. The minimum absolute atomic E-state index is 0. The monoisotopic (exact) mass is 161 g/mol. The van der Waals surface area contributed by atoms with Crippen molar-refractivity contribution in [1.29, 1.82) is 0 Å². The summed E-state index contributed by atoms with van der Waals surface area (Å²) in [6.07, 6.45) is 7.34. The van der Waals surface area contributed by atoms with Crippen LogP contribution >= 0.6 is 12.4 Å². The van der Waals surface area contributed by atoms with Crippen molar-refractivity contribution in [2.24, 2.45) is 5.92 Å². The van der Waals surface area contributed by atoms with E-state index in [9.17, 15) is 0 Å². The van der Waals surface area contributed by atoms with Crippen molar-refractivity contribution in [3.05, 3.63) is 0 Å². The third kappa shape index (κ3) is 1.46. The molecule has 1 heterocycles. The van der Waals surface area contributed by atoms with E-state index in [0.717, 1.165) is 12.0 Å². The molecule has 1 nitrogen and oxygen atoms in total. The van der Waals surface area contributed by atoms with Gasteiger partial charge in [-0.2, -0.15) is 0 Å². The molecule has 1 aliphatic carbocycles. The molecule has 1 N–H and O–H groups in total. The molecule has 1 saturated heterocycles. The van der Waals surface area contributed by atoms with Crippen LogP contribution in [0.1, 0.15) is 32.1 Å². The number of piperidine rings is 1. The first kappa shape index (κ1) is 8.35. The van der Waals surface area contributed by atoms with Gasteiger partial charge in [-0.05, 0) is 38.1 Å². The van der Waals surface area contributed by atoms with E-state index >= 15 is 0 Å². The van der Waals surface area contributed by atoms with Gasteiger partial charge >= 0.3 is 0 Å². The molecule has 0 unspecified atom stereocenters. The van der Waals surface area contributed by atoms with Gasteiger partial charge in [0.15, 0.2) is 0 Å². The Bertz CT molecular complexity index is 93.4. The second-order valence-corrected chi connectivity index (χ2v) is 3.39. The molecule has 0 aromatic heterocycles. The normalized spacial score (nSPS) is 38.4. The number of halogens is 1. The SMILES string of the molecule is C1CN[C@@H]2CCC[C@H]2C1.Cl. The Kier molecular flexibility index (Phi) is 2.99. The van der Waals surface area contributed by atoms with Gasteiger partial charge < -0.3 is 5.32 Å². The molecule has 2 atom stereocenters. The predicted molar refractivity (Wildman–Crippen MR) is 45.6 cm³/mol. The average Bonchev–Trinajstić information content (AvgIpc) is 2.33. The van der Waals surface area contributed by atoms with Crippen LogP contribution in [-0.4, -0.2) is 12.6 Å². The molecule has 0 aromatic rings. The van der Waals surface area contributed by atoms with E-state index in [0.29, 0.717) is 0 Å². The van der Waals surface area contributed by atoms with Crippen LogP contribution in [0.5, 0.6) is 0 Å². The average molecular weight is 162 g/mol. The highest BCUT2D eigenvalue weighted by Gasteiger charge is 2.28. The summed E-state index contributed by atoms with van der Waals surface area (Å²) in [6, 6.07) is 0.916. The summed E-state index contributed by atoms with van der Waals surface area (Å²) in [5, 5.41) is 3.58. The largest absolute Gasteiger partial charge is 0.314 e. The topological polar surface area (TPSA) is 12.0 Å². The molecular weight excluding hydrogens is 146 g/mol. The summed E-state index contributed by atoms with van der Waals surface area (Å²) in [4.78, 5) is 0. The van der Waals surface area contributed by atoms with E-state index < -0.39 is 0 Å². The molecule has 0 amide bonds. The molecule has 2 fully saturated rings. The van der Waals surface area contributed by atoms with Crippen molar-refractivity contribution >= 4 is 12.4 Å². The molecule has 2 heteroatoms. The highest BCUT2D eigenvalue weighted by atomic mass is 35.5. The van der Waals surface area contributed by atoms with Gasteiger partial charge in [0.25, 0.3) is 0 Å². The zero-order valence-corrected chi connectivity index (χ0v) is 7.12. The van der Waals surface area contributed by atoms with Gasteiger partial charge in [0.2, 0.25) is 0 Å². The summed E-state index contributed by atoms with van der Waals surface area (Å²) in [7, 11) is 0. The maximum atomic E-state index is 3.58. The molecule has 60 valence electrons. The smallest absolute Gasteiger partial charge is 0.00953 e. The van der Waals surface area contributed by atoms with Crippen molar-refractivity contribution < 1.29 is 0 Å². The summed E-state index contributed by atoms with van der Waals surface area (Å²) < 4.78 is 0. The van der Waals surface area contributed by atoms with E-state index in [1.807, 2.05) is 0 Å². The van der Waals surface area contributed by atoms with Crippen molar-refractivity contribution in [2.45, 2.75) is 38.1 Å². The lowest BCUT2D eigenvalue weighted by atomic mass is 9.94. The molecule has 0 radical (unpaired) electrons. The lowest BCUT2D eigenvalue weighted by Crippen LogP contribution is -2.37. The van der Waals surface area contributed by atoms with Gasteiger partial charge in [-0.3, -0.25) is 0 Å². The molecule has 1 saturated carbocycles. The van der Waals surface area contributed by atoms with Crippen LogP contribution < -0.4 is 5.32 Å². The third-order valence-electron chi connectivity index (χ3n) is 2.82. The summed E-state index contributed by atoms with van der Waals surface area (Å²) in [5.41, 5.74) is 0. The Labute approximate surface area is 69.0 Å². The Balaban J connectivity index is 0.000000500. The van der Waals surface area contributed by atoms with Crippen LogP contribution in [0.3, 0.4) is 0 Å². The fourth-order valence-corrected chi connectivity index (χ4v) is 2.30. The number of nitrogens with one attached hydrogen (secondary N) is 1. The Morgan fingerprint density at radius 1 is 1.00 bits per heavy atom. The number of rotatable bonds is 0. The maximum Gasteiger partial charge on any atom is 0.00953 e. The lowest BCUT2D eigenvalue weighted by Gasteiger charge is -2.26. The summed E-state index contributed by atoms with van der Waals surface area (Å²) >= 11 is 0. The fourth-order valence-electron chi connectivity index (χ4n) is 2.30. The zero-order valence-electron chi connectivity index (χ0n) is 6.31. The van der Waals surface area contributed by atoms with Gasteiger partial charge in [0.1, 0.15) is 0 Å². The van der Waals surface area contributed by atoms with Crippen LogP contribution in [0.25, 0.3) is 0 Å². The second kappa shape index (κ2) is 3.59.